The Labute approximate surface area is 192 Å². The molecule has 9 heteroatoms. The topological polar surface area (TPSA) is 137 Å². The number of ketones is 2. The van der Waals surface area contributed by atoms with Crippen molar-refractivity contribution in [3.05, 3.63) is 86.3 Å². The van der Waals surface area contributed by atoms with Gasteiger partial charge in [-0.05, 0) is 13.0 Å². The molecule has 4 rings (SSSR count). The number of anilines is 1. The largest absolute Gasteiger partial charge is 0.462 e. The molecule has 0 saturated carbocycles. The lowest BCUT2D eigenvalue weighted by Gasteiger charge is -2.19. The number of fused-ring (bicyclic) bond motifs is 2. The van der Waals surface area contributed by atoms with E-state index < -0.39 is 24.3 Å². The van der Waals surface area contributed by atoms with Crippen LogP contribution in [0, 0.1) is 11.3 Å². The first kappa shape index (κ1) is 21.9. The normalized spacial score (nSPS) is 11.9. The highest BCUT2D eigenvalue weighted by Gasteiger charge is 2.33. The highest BCUT2D eigenvalue weighted by molar-refractivity contribution is 7.18. The maximum atomic E-state index is 13.1. The number of nitrogens with zero attached hydrogens (tertiary/aromatic N) is 1. The van der Waals surface area contributed by atoms with E-state index in [-0.39, 0.29) is 61.2 Å². The molecule has 33 heavy (non-hydrogen) atoms. The molecule has 2 N–H and O–H groups in total. The quantitative estimate of drug-likeness (QED) is 0.447. The number of hydrogen-bond acceptors (Lipinski definition) is 9. The summed E-state index contributed by atoms with van der Waals surface area (Å²) in [5.74, 6) is -2.39. The van der Waals surface area contributed by atoms with Crippen LogP contribution < -0.4 is 5.73 Å². The van der Waals surface area contributed by atoms with Gasteiger partial charge in [0.1, 0.15) is 22.6 Å². The minimum Gasteiger partial charge on any atom is -0.462 e. The summed E-state index contributed by atoms with van der Waals surface area (Å²) in [4.78, 5) is 51.2. The molecule has 0 aliphatic heterocycles. The van der Waals surface area contributed by atoms with Crippen molar-refractivity contribution >= 4 is 39.8 Å². The van der Waals surface area contributed by atoms with Gasteiger partial charge >= 0.3 is 11.9 Å². The van der Waals surface area contributed by atoms with E-state index in [0.29, 0.717) is 0 Å². The summed E-state index contributed by atoms with van der Waals surface area (Å²) < 4.78 is 10.4. The van der Waals surface area contributed by atoms with Crippen LogP contribution in [0.25, 0.3) is 0 Å². The molecule has 0 saturated heterocycles. The van der Waals surface area contributed by atoms with Gasteiger partial charge in [-0.25, -0.2) is 9.59 Å². The van der Waals surface area contributed by atoms with Gasteiger partial charge in [0, 0.05) is 27.8 Å². The van der Waals surface area contributed by atoms with Crippen LogP contribution >= 0.6 is 11.3 Å². The molecule has 2 aromatic carbocycles. The van der Waals surface area contributed by atoms with Crippen molar-refractivity contribution in [3.63, 3.8) is 0 Å². The third-order valence-corrected chi connectivity index (χ3v) is 6.17. The lowest BCUT2D eigenvalue weighted by molar-refractivity contribution is 0.0451. The van der Waals surface area contributed by atoms with E-state index in [0.717, 1.165) is 11.3 Å². The Balaban J connectivity index is 1.68. The van der Waals surface area contributed by atoms with E-state index in [2.05, 4.69) is 0 Å². The molecule has 8 nitrogen and oxygen atoms in total. The maximum Gasteiger partial charge on any atom is 0.348 e. The summed E-state index contributed by atoms with van der Waals surface area (Å²) in [5.41, 5.74) is 6.45. The third-order valence-electron chi connectivity index (χ3n) is 5.13. The molecule has 1 aliphatic carbocycles. The zero-order valence-electron chi connectivity index (χ0n) is 17.3. The molecule has 0 amide bonds. The minimum atomic E-state index is -0.879. The maximum absolute atomic E-state index is 13.1. The summed E-state index contributed by atoms with van der Waals surface area (Å²) in [6, 6.07) is 12.6. The van der Waals surface area contributed by atoms with Crippen LogP contribution in [0.2, 0.25) is 0 Å². The fourth-order valence-electron chi connectivity index (χ4n) is 3.64. The smallest absolute Gasteiger partial charge is 0.348 e. The molecule has 0 atom stereocenters. The summed E-state index contributed by atoms with van der Waals surface area (Å²) in [6.45, 7) is 1.31. The molecule has 1 heterocycles. The fraction of sp³-hybridized carbons (Fsp3) is 0.125. The second-order valence-electron chi connectivity index (χ2n) is 6.99. The van der Waals surface area contributed by atoms with Gasteiger partial charge in [0.25, 0.3) is 0 Å². The van der Waals surface area contributed by atoms with E-state index >= 15 is 0 Å². The van der Waals surface area contributed by atoms with Crippen molar-refractivity contribution < 1.29 is 28.7 Å². The van der Waals surface area contributed by atoms with Crippen LogP contribution in [0.1, 0.15) is 69.9 Å². The molecule has 0 unspecified atom stereocenters. The molecule has 164 valence electrons. The minimum absolute atomic E-state index is 0.0196. The number of nitriles is 1. The number of nitrogens with two attached hydrogens (primary N) is 1. The standard InChI is InChI=1S/C24H16N2O6S/c1-2-31-24(30)21-17(16(10-25)22(26)33-21)11-32-23(29)15-9-5-8-14-18(15)20(28)13-7-4-3-6-12(13)19(14)27/h3-9H,2,11,26H2,1H3. The molecule has 0 bridgehead atoms. The highest BCUT2D eigenvalue weighted by atomic mass is 32.1. The van der Waals surface area contributed by atoms with Crippen molar-refractivity contribution in [2.75, 3.05) is 12.3 Å². The lowest BCUT2D eigenvalue weighted by atomic mass is 9.82. The number of benzene rings is 2. The molecule has 0 fully saturated rings. The first-order chi connectivity index (χ1) is 15.9. The zero-order chi connectivity index (χ0) is 23.7. The SMILES string of the molecule is CCOC(=O)c1sc(N)c(C#N)c1COC(=O)c1cccc2c1C(=O)c1ccccc1C2=O. The molecule has 0 radical (unpaired) electrons. The lowest BCUT2D eigenvalue weighted by Crippen LogP contribution is -2.24. The average molecular weight is 460 g/mol. The number of carbonyl (C=O) groups excluding carboxylic acids is 4. The van der Waals surface area contributed by atoms with Crippen LogP contribution in [-0.2, 0) is 16.1 Å². The molecule has 1 aromatic heterocycles. The monoisotopic (exact) mass is 460 g/mol. The molecular weight excluding hydrogens is 444 g/mol. The average Bonchev–Trinajstić information content (AvgIpc) is 3.15. The number of thiophene rings is 1. The number of nitrogen functional groups attached to an aromatic ring is 1. The Morgan fingerprint density at radius 3 is 2.30 bits per heavy atom. The van der Waals surface area contributed by atoms with Gasteiger partial charge in [-0.2, -0.15) is 5.26 Å². The van der Waals surface area contributed by atoms with Gasteiger partial charge in [0.05, 0.1) is 17.7 Å². The van der Waals surface area contributed by atoms with Gasteiger partial charge in [-0.3, -0.25) is 9.59 Å². The number of carbonyl (C=O) groups is 4. The van der Waals surface area contributed by atoms with Crippen LogP contribution in [0.4, 0.5) is 5.00 Å². The number of rotatable bonds is 5. The van der Waals surface area contributed by atoms with Crippen molar-refractivity contribution in [1.82, 2.24) is 0 Å². The summed E-state index contributed by atoms with van der Waals surface area (Å²) in [6.07, 6.45) is 0. The predicted octanol–water partition coefficient (Wildman–Crippen LogP) is 3.51. The van der Waals surface area contributed by atoms with Crippen LogP contribution in [0.15, 0.2) is 42.5 Å². The second kappa shape index (κ2) is 8.68. The van der Waals surface area contributed by atoms with Crippen LogP contribution in [0.3, 0.4) is 0 Å². The third kappa shape index (κ3) is 3.66. The number of esters is 2. The van der Waals surface area contributed by atoms with E-state index in [1.54, 1.807) is 25.1 Å². The second-order valence-corrected chi connectivity index (χ2v) is 8.04. The fourth-order valence-corrected chi connectivity index (χ4v) is 4.55. The Hall–Kier alpha value is -4.29. The Morgan fingerprint density at radius 1 is 0.970 bits per heavy atom. The van der Waals surface area contributed by atoms with Gasteiger partial charge < -0.3 is 15.2 Å². The Bertz CT molecular complexity index is 1380. The molecule has 1 aliphatic rings. The highest BCUT2D eigenvalue weighted by Crippen LogP contribution is 2.33. The van der Waals surface area contributed by atoms with Crippen LogP contribution in [0.5, 0.6) is 0 Å². The summed E-state index contributed by atoms with van der Waals surface area (Å²) in [5, 5.41) is 9.52. The van der Waals surface area contributed by atoms with E-state index in [9.17, 15) is 24.4 Å². The zero-order valence-corrected chi connectivity index (χ0v) is 18.2. The van der Waals surface area contributed by atoms with Crippen molar-refractivity contribution in [2.45, 2.75) is 13.5 Å². The van der Waals surface area contributed by atoms with E-state index in [4.69, 9.17) is 15.2 Å². The first-order valence-electron chi connectivity index (χ1n) is 9.85. The van der Waals surface area contributed by atoms with Gasteiger partial charge in [0.15, 0.2) is 11.6 Å². The summed E-state index contributed by atoms with van der Waals surface area (Å²) >= 11 is 0.868. The Morgan fingerprint density at radius 2 is 1.64 bits per heavy atom. The van der Waals surface area contributed by atoms with Gasteiger partial charge in [-0.1, -0.05) is 36.4 Å². The number of hydrogen-bond donors (Lipinski definition) is 1. The number of ether oxygens (including phenoxy) is 2. The van der Waals surface area contributed by atoms with E-state index in [1.165, 1.54) is 24.3 Å². The molecule has 3 aromatic rings. The van der Waals surface area contributed by atoms with Crippen molar-refractivity contribution in [1.29, 1.82) is 5.26 Å². The van der Waals surface area contributed by atoms with Crippen molar-refractivity contribution in [2.24, 2.45) is 0 Å². The van der Waals surface area contributed by atoms with Crippen molar-refractivity contribution in [3.8, 4) is 6.07 Å². The predicted molar refractivity (Wildman–Crippen MR) is 118 cm³/mol. The molecular formula is C24H16N2O6S. The first-order valence-corrected chi connectivity index (χ1v) is 10.7. The van der Waals surface area contributed by atoms with E-state index in [1.807, 2.05) is 6.07 Å². The van der Waals surface area contributed by atoms with Crippen LogP contribution in [-0.4, -0.2) is 30.1 Å². The van der Waals surface area contributed by atoms with Gasteiger partial charge in [0.2, 0.25) is 0 Å². The molecule has 0 spiro atoms. The Kier molecular flexibility index (Phi) is 5.77. The van der Waals surface area contributed by atoms with Gasteiger partial charge in [-0.15, -0.1) is 11.3 Å². The summed E-state index contributed by atoms with van der Waals surface area (Å²) in [7, 11) is 0.